The summed E-state index contributed by atoms with van der Waals surface area (Å²) in [7, 11) is 0. The molecule has 0 saturated heterocycles. The van der Waals surface area contributed by atoms with Crippen molar-refractivity contribution in [3.63, 3.8) is 0 Å². The standard InChI is InChI=1S/C24H25NO2/c1-2-3-4-17-25-23-15-13-21(14-16-23)19-7-5-18(6-8-19)20-9-11-22(12-10-20)24(26)27/h5-16,25H,2-4,17H2,1H3,(H,26,27). The highest BCUT2D eigenvalue weighted by molar-refractivity contribution is 5.88. The molecule has 0 amide bonds. The molecule has 138 valence electrons. The van der Waals surface area contributed by atoms with E-state index in [0.717, 1.165) is 23.4 Å². The van der Waals surface area contributed by atoms with Gasteiger partial charge in [0.05, 0.1) is 5.56 Å². The van der Waals surface area contributed by atoms with Crippen molar-refractivity contribution in [3.05, 3.63) is 78.4 Å². The molecule has 3 aromatic rings. The summed E-state index contributed by atoms with van der Waals surface area (Å²) in [6.07, 6.45) is 3.70. The van der Waals surface area contributed by atoms with E-state index in [2.05, 4.69) is 60.8 Å². The third kappa shape index (κ3) is 4.98. The molecule has 0 saturated carbocycles. The van der Waals surface area contributed by atoms with Crippen LogP contribution in [0.25, 0.3) is 22.3 Å². The van der Waals surface area contributed by atoms with Gasteiger partial charge in [0, 0.05) is 12.2 Å². The van der Waals surface area contributed by atoms with E-state index >= 15 is 0 Å². The number of carboxylic acids is 1. The molecule has 3 aromatic carbocycles. The molecule has 0 atom stereocenters. The molecule has 3 rings (SSSR count). The van der Waals surface area contributed by atoms with Crippen LogP contribution in [0.4, 0.5) is 5.69 Å². The van der Waals surface area contributed by atoms with Gasteiger partial charge in [0.2, 0.25) is 0 Å². The van der Waals surface area contributed by atoms with E-state index in [1.807, 2.05) is 12.1 Å². The second-order valence-electron chi connectivity index (χ2n) is 6.67. The van der Waals surface area contributed by atoms with Gasteiger partial charge in [0.15, 0.2) is 0 Å². The molecule has 2 N–H and O–H groups in total. The van der Waals surface area contributed by atoms with Crippen molar-refractivity contribution in [1.82, 2.24) is 0 Å². The van der Waals surface area contributed by atoms with Gasteiger partial charge < -0.3 is 10.4 Å². The Balaban J connectivity index is 1.67. The number of hydrogen-bond acceptors (Lipinski definition) is 2. The van der Waals surface area contributed by atoms with Crippen molar-refractivity contribution >= 4 is 11.7 Å². The number of anilines is 1. The Kier molecular flexibility index (Phi) is 6.26. The van der Waals surface area contributed by atoms with E-state index in [1.165, 1.54) is 30.4 Å². The summed E-state index contributed by atoms with van der Waals surface area (Å²) in [6.45, 7) is 3.23. The monoisotopic (exact) mass is 359 g/mol. The smallest absolute Gasteiger partial charge is 0.335 e. The predicted molar refractivity (Wildman–Crippen MR) is 112 cm³/mol. The first-order valence-electron chi connectivity index (χ1n) is 9.45. The first kappa shape index (κ1) is 18.7. The van der Waals surface area contributed by atoms with Crippen LogP contribution >= 0.6 is 0 Å². The molecule has 0 fully saturated rings. The number of hydrogen-bond donors (Lipinski definition) is 2. The van der Waals surface area contributed by atoms with Crippen molar-refractivity contribution in [1.29, 1.82) is 0 Å². The second-order valence-corrected chi connectivity index (χ2v) is 6.67. The molecule has 0 radical (unpaired) electrons. The Morgan fingerprint density at radius 2 is 1.19 bits per heavy atom. The Morgan fingerprint density at radius 3 is 1.63 bits per heavy atom. The third-order valence-electron chi connectivity index (χ3n) is 4.68. The highest BCUT2D eigenvalue weighted by atomic mass is 16.4. The SMILES string of the molecule is CCCCCNc1ccc(-c2ccc(-c3ccc(C(=O)O)cc3)cc2)cc1. The number of nitrogens with one attached hydrogen (secondary N) is 1. The van der Waals surface area contributed by atoms with Gasteiger partial charge in [-0.3, -0.25) is 0 Å². The van der Waals surface area contributed by atoms with Gasteiger partial charge in [-0.1, -0.05) is 68.3 Å². The summed E-state index contributed by atoms with van der Waals surface area (Å²) >= 11 is 0. The zero-order valence-corrected chi connectivity index (χ0v) is 15.6. The van der Waals surface area contributed by atoms with Gasteiger partial charge in [-0.2, -0.15) is 0 Å². The molecule has 27 heavy (non-hydrogen) atoms. The minimum absolute atomic E-state index is 0.304. The molecule has 0 spiro atoms. The van der Waals surface area contributed by atoms with E-state index in [4.69, 9.17) is 5.11 Å². The average molecular weight is 359 g/mol. The fraction of sp³-hybridized carbons (Fsp3) is 0.208. The highest BCUT2D eigenvalue weighted by Crippen LogP contribution is 2.26. The zero-order chi connectivity index (χ0) is 19.1. The fourth-order valence-corrected chi connectivity index (χ4v) is 3.05. The number of unbranched alkanes of at least 4 members (excludes halogenated alkanes) is 2. The molecule has 0 bridgehead atoms. The lowest BCUT2D eigenvalue weighted by Gasteiger charge is -2.08. The van der Waals surface area contributed by atoms with Gasteiger partial charge in [0.25, 0.3) is 0 Å². The summed E-state index contributed by atoms with van der Waals surface area (Å²) in [5.74, 6) is -0.903. The van der Waals surface area contributed by atoms with Crippen molar-refractivity contribution < 1.29 is 9.90 Å². The van der Waals surface area contributed by atoms with Crippen LogP contribution in [-0.4, -0.2) is 17.6 Å². The van der Waals surface area contributed by atoms with Crippen LogP contribution in [-0.2, 0) is 0 Å². The quantitative estimate of drug-likeness (QED) is 0.463. The van der Waals surface area contributed by atoms with Gasteiger partial charge in [-0.15, -0.1) is 0 Å². The molecule has 0 heterocycles. The number of carboxylic acid groups (broad SMARTS) is 1. The molecular weight excluding hydrogens is 334 g/mol. The lowest BCUT2D eigenvalue weighted by Crippen LogP contribution is -2.00. The molecule has 0 aliphatic carbocycles. The van der Waals surface area contributed by atoms with E-state index in [9.17, 15) is 4.79 Å². The van der Waals surface area contributed by atoms with E-state index < -0.39 is 5.97 Å². The fourth-order valence-electron chi connectivity index (χ4n) is 3.05. The average Bonchev–Trinajstić information content (AvgIpc) is 2.72. The number of carbonyl (C=O) groups is 1. The summed E-state index contributed by atoms with van der Waals surface area (Å²) in [5.41, 5.74) is 5.90. The van der Waals surface area contributed by atoms with Crippen molar-refractivity contribution in [3.8, 4) is 22.3 Å². The lowest BCUT2D eigenvalue weighted by molar-refractivity contribution is 0.0697. The van der Waals surface area contributed by atoms with Gasteiger partial charge in [-0.25, -0.2) is 4.79 Å². The van der Waals surface area contributed by atoms with Crippen LogP contribution < -0.4 is 5.32 Å². The summed E-state index contributed by atoms with van der Waals surface area (Å²) < 4.78 is 0. The summed E-state index contributed by atoms with van der Waals surface area (Å²) in [4.78, 5) is 11.0. The minimum atomic E-state index is -0.903. The van der Waals surface area contributed by atoms with Crippen molar-refractivity contribution in [2.24, 2.45) is 0 Å². The lowest BCUT2D eigenvalue weighted by atomic mass is 9.99. The summed E-state index contributed by atoms with van der Waals surface area (Å²) in [5, 5.41) is 12.5. The topological polar surface area (TPSA) is 49.3 Å². The van der Waals surface area contributed by atoms with Crippen LogP contribution in [0, 0.1) is 0 Å². The number of benzene rings is 3. The van der Waals surface area contributed by atoms with E-state index in [1.54, 1.807) is 12.1 Å². The molecule has 0 aliphatic heterocycles. The molecule has 3 nitrogen and oxygen atoms in total. The van der Waals surface area contributed by atoms with Crippen LogP contribution in [0.1, 0.15) is 36.5 Å². The Bertz CT molecular complexity index is 866. The molecule has 0 unspecified atom stereocenters. The maximum absolute atomic E-state index is 11.0. The normalized spacial score (nSPS) is 10.6. The van der Waals surface area contributed by atoms with E-state index in [-0.39, 0.29) is 0 Å². The van der Waals surface area contributed by atoms with Crippen LogP contribution in [0.5, 0.6) is 0 Å². The van der Waals surface area contributed by atoms with Crippen LogP contribution in [0.15, 0.2) is 72.8 Å². The highest BCUT2D eigenvalue weighted by Gasteiger charge is 2.04. The molecule has 0 aromatic heterocycles. The largest absolute Gasteiger partial charge is 0.478 e. The third-order valence-corrected chi connectivity index (χ3v) is 4.68. The molecular formula is C24H25NO2. The van der Waals surface area contributed by atoms with E-state index in [0.29, 0.717) is 5.56 Å². The Morgan fingerprint density at radius 1 is 0.741 bits per heavy atom. The number of rotatable bonds is 8. The predicted octanol–water partition coefficient (Wildman–Crippen LogP) is 6.32. The maximum Gasteiger partial charge on any atom is 0.335 e. The molecule has 0 aliphatic rings. The zero-order valence-electron chi connectivity index (χ0n) is 15.6. The summed E-state index contributed by atoms with van der Waals surface area (Å²) in [6, 6.07) is 23.8. The van der Waals surface area contributed by atoms with Crippen molar-refractivity contribution in [2.45, 2.75) is 26.2 Å². The Hall–Kier alpha value is -3.07. The molecule has 3 heteroatoms. The Labute approximate surface area is 160 Å². The number of aromatic carboxylic acids is 1. The van der Waals surface area contributed by atoms with Gasteiger partial charge in [0.1, 0.15) is 0 Å². The van der Waals surface area contributed by atoms with Crippen molar-refractivity contribution in [2.75, 3.05) is 11.9 Å². The maximum atomic E-state index is 11.0. The van der Waals surface area contributed by atoms with Gasteiger partial charge >= 0.3 is 5.97 Å². The van der Waals surface area contributed by atoms with Crippen LogP contribution in [0.2, 0.25) is 0 Å². The second kappa shape index (κ2) is 9.04. The first-order valence-corrected chi connectivity index (χ1v) is 9.45. The van der Waals surface area contributed by atoms with Gasteiger partial charge in [-0.05, 0) is 52.9 Å². The first-order chi connectivity index (χ1) is 13.2. The minimum Gasteiger partial charge on any atom is -0.478 e. The van der Waals surface area contributed by atoms with Crippen LogP contribution in [0.3, 0.4) is 0 Å².